The van der Waals surface area contributed by atoms with E-state index >= 15 is 0 Å². The molecule has 0 spiro atoms. The Morgan fingerprint density at radius 3 is 2.26 bits per heavy atom. The summed E-state index contributed by atoms with van der Waals surface area (Å²) in [6.45, 7) is 0. The fourth-order valence-electron chi connectivity index (χ4n) is 1.56. The first-order chi connectivity index (χ1) is 9.13. The molecule has 2 heterocycles. The normalized spacial score (nSPS) is 10.1. The maximum absolute atomic E-state index is 11.9. The van der Waals surface area contributed by atoms with Crippen LogP contribution in [0.5, 0.6) is 0 Å². The molecular formula is C13H8BrNO2S2. The minimum Gasteiger partial charge on any atom is -0.293 e. The highest BCUT2D eigenvalue weighted by Gasteiger charge is 2.17. The number of carbonyl (C=O) groups excluding carboxylic acids is 2. The Morgan fingerprint density at radius 2 is 1.68 bits per heavy atom. The summed E-state index contributed by atoms with van der Waals surface area (Å²) in [5, 5.41) is 12.4. The lowest BCUT2D eigenvalue weighted by atomic mass is 10.1. The van der Waals surface area contributed by atoms with E-state index in [1.807, 2.05) is 17.5 Å². The van der Waals surface area contributed by atoms with E-state index in [4.69, 9.17) is 5.26 Å². The molecular weight excluding hydrogens is 346 g/mol. The number of carbonyl (C=O) groups is 2. The van der Waals surface area contributed by atoms with Gasteiger partial charge in [0.15, 0.2) is 11.6 Å². The van der Waals surface area contributed by atoms with Gasteiger partial charge in [-0.25, -0.2) is 0 Å². The molecule has 3 nitrogen and oxygen atoms in total. The first-order valence-electron chi connectivity index (χ1n) is 5.40. The third-order valence-corrected chi connectivity index (χ3v) is 5.32. The summed E-state index contributed by atoms with van der Waals surface area (Å²) >= 11 is 5.90. The van der Waals surface area contributed by atoms with Gasteiger partial charge in [0.05, 0.1) is 15.3 Å². The average molecular weight is 354 g/mol. The van der Waals surface area contributed by atoms with Crippen LogP contribution in [-0.2, 0) is 0 Å². The quantitative estimate of drug-likeness (QED) is 0.753. The van der Waals surface area contributed by atoms with Crippen molar-refractivity contribution in [3.05, 3.63) is 42.7 Å². The van der Waals surface area contributed by atoms with Gasteiger partial charge in [-0.05, 0) is 38.8 Å². The lowest BCUT2D eigenvalue weighted by Gasteiger charge is -1.99. The molecule has 0 aliphatic heterocycles. The Kier molecular flexibility index (Phi) is 4.64. The molecule has 0 N–H and O–H groups in total. The summed E-state index contributed by atoms with van der Waals surface area (Å²) in [5.41, 5.74) is 0.389. The number of hydrogen-bond donors (Lipinski definition) is 0. The lowest BCUT2D eigenvalue weighted by molar-refractivity contribution is 0.0921. The summed E-state index contributed by atoms with van der Waals surface area (Å²) in [4.78, 5) is 24.9. The van der Waals surface area contributed by atoms with E-state index in [9.17, 15) is 9.59 Å². The second-order valence-electron chi connectivity index (χ2n) is 3.72. The number of halogens is 1. The third kappa shape index (κ3) is 3.18. The Balaban J connectivity index is 2.00. The van der Waals surface area contributed by atoms with E-state index in [0.717, 1.165) is 4.47 Å². The van der Waals surface area contributed by atoms with Crippen LogP contribution >= 0.6 is 38.6 Å². The van der Waals surface area contributed by atoms with Crippen molar-refractivity contribution >= 4 is 50.2 Å². The van der Waals surface area contributed by atoms with Crippen molar-refractivity contribution in [3.63, 3.8) is 0 Å². The van der Waals surface area contributed by atoms with Gasteiger partial charge in [-0.1, -0.05) is 0 Å². The topological polar surface area (TPSA) is 57.9 Å². The Hall–Kier alpha value is -1.29. The van der Waals surface area contributed by atoms with Crippen LogP contribution in [0.3, 0.4) is 0 Å². The fraction of sp³-hybridized carbons (Fsp3) is 0.154. The second-order valence-corrected chi connectivity index (χ2v) is 6.41. The van der Waals surface area contributed by atoms with Crippen LogP contribution in [0.1, 0.15) is 37.7 Å². The Morgan fingerprint density at radius 1 is 1.11 bits per heavy atom. The zero-order valence-corrected chi connectivity index (χ0v) is 12.9. The van der Waals surface area contributed by atoms with Crippen LogP contribution < -0.4 is 0 Å². The molecule has 0 saturated heterocycles. The van der Waals surface area contributed by atoms with E-state index < -0.39 is 0 Å². The highest BCUT2D eigenvalue weighted by molar-refractivity contribution is 9.10. The highest BCUT2D eigenvalue weighted by Crippen LogP contribution is 2.25. The minimum atomic E-state index is -0.146. The number of rotatable bonds is 5. The molecule has 0 amide bonds. The Bertz CT molecular complexity index is 666. The molecule has 6 heteroatoms. The van der Waals surface area contributed by atoms with Crippen LogP contribution in [0.15, 0.2) is 27.4 Å². The number of nitrogens with zero attached hydrogens (tertiary/aromatic N) is 1. The highest BCUT2D eigenvalue weighted by atomic mass is 79.9. The Labute approximate surface area is 126 Å². The molecule has 0 fully saturated rings. The zero-order chi connectivity index (χ0) is 13.8. The lowest BCUT2D eigenvalue weighted by Crippen LogP contribution is -2.04. The molecule has 2 aromatic heterocycles. The molecule has 0 saturated carbocycles. The number of nitriles is 1. The number of ketones is 2. The summed E-state index contributed by atoms with van der Waals surface area (Å²) in [6, 6.07) is 5.41. The second kappa shape index (κ2) is 6.24. The van der Waals surface area contributed by atoms with Crippen molar-refractivity contribution in [3.8, 4) is 6.07 Å². The standard InChI is InChI=1S/C13H8BrNO2S2/c14-9-4-6-19-13(9)11(17)2-1-10(16)12-8(7-15)3-5-18-12/h3-6H,1-2H2. The van der Waals surface area contributed by atoms with Crippen LogP contribution in [0.2, 0.25) is 0 Å². The van der Waals surface area contributed by atoms with Gasteiger partial charge in [0.1, 0.15) is 6.07 Å². The van der Waals surface area contributed by atoms with Crippen molar-refractivity contribution in [2.75, 3.05) is 0 Å². The summed E-state index contributed by atoms with van der Waals surface area (Å²) in [7, 11) is 0. The van der Waals surface area contributed by atoms with Gasteiger partial charge >= 0.3 is 0 Å². The molecule has 19 heavy (non-hydrogen) atoms. The molecule has 2 aromatic rings. The largest absolute Gasteiger partial charge is 0.293 e. The van der Waals surface area contributed by atoms with Gasteiger partial charge in [0, 0.05) is 17.3 Å². The molecule has 0 radical (unpaired) electrons. The molecule has 96 valence electrons. The van der Waals surface area contributed by atoms with E-state index in [-0.39, 0.29) is 24.4 Å². The average Bonchev–Trinajstić information content (AvgIpc) is 3.03. The molecule has 2 rings (SSSR count). The van der Waals surface area contributed by atoms with E-state index in [2.05, 4.69) is 15.9 Å². The zero-order valence-electron chi connectivity index (χ0n) is 9.68. The van der Waals surface area contributed by atoms with E-state index in [0.29, 0.717) is 15.3 Å². The predicted molar refractivity (Wildman–Crippen MR) is 78.9 cm³/mol. The molecule has 0 unspecified atom stereocenters. The molecule has 0 bridgehead atoms. The van der Waals surface area contributed by atoms with Gasteiger partial charge in [-0.15, -0.1) is 22.7 Å². The number of Topliss-reactive ketones (excluding diaryl/α,β-unsaturated/α-hetero) is 2. The van der Waals surface area contributed by atoms with Crippen molar-refractivity contribution in [1.29, 1.82) is 5.26 Å². The molecule has 0 atom stereocenters. The van der Waals surface area contributed by atoms with Crippen molar-refractivity contribution in [1.82, 2.24) is 0 Å². The van der Waals surface area contributed by atoms with Gasteiger partial charge < -0.3 is 0 Å². The fourth-order valence-corrected chi connectivity index (χ4v) is 3.94. The van der Waals surface area contributed by atoms with Crippen LogP contribution in [0.4, 0.5) is 0 Å². The third-order valence-electron chi connectivity index (χ3n) is 2.49. The van der Waals surface area contributed by atoms with E-state index in [1.165, 1.54) is 22.7 Å². The van der Waals surface area contributed by atoms with E-state index in [1.54, 1.807) is 11.4 Å². The number of thiophene rings is 2. The van der Waals surface area contributed by atoms with Crippen molar-refractivity contribution in [2.24, 2.45) is 0 Å². The van der Waals surface area contributed by atoms with Gasteiger partial charge in [0.2, 0.25) is 0 Å². The summed E-state index contributed by atoms with van der Waals surface area (Å²) in [5.74, 6) is -0.196. The van der Waals surface area contributed by atoms with Crippen LogP contribution in [0, 0.1) is 11.3 Å². The monoisotopic (exact) mass is 353 g/mol. The minimum absolute atomic E-state index is 0.0507. The predicted octanol–water partition coefficient (Wildman–Crippen LogP) is 4.29. The molecule has 0 aliphatic carbocycles. The van der Waals surface area contributed by atoms with Crippen LogP contribution in [0.25, 0.3) is 0 Å². The molecule has 0 aromatic carbocycles. The maximum Gasteiger partial charge on any atom is 0.174 e. The van der Waals surface area contributed by atoms with Gasteiger partial charge in [-0.3, -0.25) is 9.59 Å². The van der Waals surface area contributed by atoms with Crippen LogP contribution in [-0.4, -0.2) is 11.6 Å². The SMILES string of the molecule is N#Cc1ccsc1C(=O)CCC(=O)c1sccc1Br. The van der Waals surface area contributed by atoms with Gasteiger partial charge in [0.25, 0.3) is 0 Å². The van der Waals surface area contributed by atoms with Gasteiger partial charge in [-0.2, -0.15) is 5.26 Å². The summed E-state index contributed by atoms with van der Waals surface area (Å²) in [6.07, 6.45) is 0.305. The number of hydrogen-bond acceptors (Lipinski definition) is 5. The van der Waals surface area contributed by atoms with Crippen molar-refractivity contribution < 1.29 is 9.59 Å². The first-order valence-corrected chi connectivity index (χ1v) is 7.95. The summed E-state index contributed by atoms with van der Waals surface area (Å²) < 4.78 is 0.767. The maximum atomic E-state index is 11.9. The molecule has 0 aliphatic rings. The van der Waals surface area contributed by atoms with Crippen molar-refractivity contribution in [2.45, 2.75) is 12.8 Å². The first kappa shape index (κ1) is 14.1. The smallest absolute Gasteiger partial charge is 0.174 e.